The van der Waals surface area contributed by atoms with E-state index in [1.165, 1.54) is 31.2 Å². The van der Waals surface area contributed by atoms with Crippen LogP contribution in [0.5, 0.6) is 5.75 Å². The molecule has 3 aromatic rings. The Labute approximate surface area is 193 Å². The van der Waals surface area contributed by atoms with Crippen LogP contribution in [0.25, 0.3) is 0 Å². The number of thioether (sulfide) groups is 1. The minimum atomic E-state index is -4.39. The van der Waals surface area contributed by atoms with Crippen LogP contribution < -0.4 is 10.1 Å². The number of nitrogens with one attached hydrogen (secondary N) is 1. The Hall–Kier alpha value is -2.66. The molecule has 9 heteroatoms. The van der Waals surface area contributed by atoms with Gasteiger partial charge in [-0.25, -0.2) is 12.1 Å². The summed E-state index contributed by atoms with van der Waals surface area (Å²) in [5, 5.41) is 11.8. The molecule has 0 radical (unpaired) electrons. The normalized spacial score (nSPS) is 12.2. The molecule has 0 aromatic heterocycles. The van der Waals surface area contributed by atoms with Crippen LogP contribution in [0.4, 0.5) is 13.2 Å². The van der Waals surface area contributed by atoms with E-state index in [0.29, 0.717) is 5.75 Å². The molecular formula is C22H19F3FeN2O2S-6. The number of rotatable bonds is 6. The van der Waals surface area contributed by atoms with Gasteiger partial charge in [0.1, 0.15) is 6.61 Å². The quantitative estimate of drug-likeness (QED) is 0.282. The Balaban J connectivity index is 0.000000701. The Morgan fingerprint density at radius 1 is 1.13 bits per heavy atom. The van der Waals surface area contributed by atoms with Crippen molar-refractivity contribution in [2.24, 2.45) is 0 Å². The zero-order valence-electron chi connectivity index (χ0n) is 16.4. The van der Waals surface area contributed by atoms with E-state index in [1.54, 1.807) is 24.3 Å². The second-order valence-corrected chi connectivity index (χ2v) is 7.48. The number of alkyl halides is 3. The van der Waals surface area contributed by atoms with Gasteiger partial charge in [0.15, 0.2) is 5.54 Å². The first-order chi connectivity index (χ1) is 14.2. The van der Waals surface area contributed by atoms with Crippen LogP contribution in [0.2, 0.25) is 0 Å². The largest absolute Gasteiger partial charge is 0.748 e. The molecule has 1 amide bonds. The van der Waals surface area contributed by atoms with E-state index in [-0.39, 0.29) is 45.9 Å². The zero-order valence-corrected chi connectivity index (χ0v) is 18.3. The summed E-state index contributed by atoms with van der Waals surface area (Å²) >= 11 is -0.259. The first-order valence-electron chi connectivity index (χ1n) is 8.81. The summed E-state index contributed by atoms with van der Waals surface area (Å²) in [5.41, 5.74) is -5.52. The van der Waals surface area contributed by atoms with Crippen molar-refractivity contribution in [1.82, 2.24) is 5.32 Å². The molecule has 170 valence electrons. The van der Waals surface area contributed by atoms with Gasteiger partial charge in [0.25, 0.3) is 5.91 Å². The van der Waals surface area contributed by atoms with E-state index < -0.39 is 17.0 Å². The topological polar surface area (TPSA) is 62.1 Å². The Kier molecular flexibility index (Phi) is 10.4. The van der Waals surface area contributed by atoms with Gasteiger partial charge in [-0.15, -0.1) is 12.1 Å². The van der Waals surface area contributed by atoms with Crippen molar-refractivity contribution in [3.8, 4) is 11.8 Å². The van der Waals surface area contributed by atoms with Gasteiger partial charge in [-0.3, -0.25) is 4.79 Å². The molecule has 0 aliphatic carbocycles. The molecule has 0 saturated heterocycles. The molecule has 0 aliphatic heterocycles. The van der Waals surface area contributed by atoms with Gasteiger partial charge in [-0.05, 0) is 43.0 Å². The van der Waals surface area contributed by atoms with E-state index in [4.69, 9.17) is 4.74 Å². The van der Waals surface area contributed by atoms with Crippen LogP contribution in [0.1, 0.15) is 17.3 Å². The van der Waals surface area contributed by atoms with Crippen LogP contribution in [-0.4, -0.2) is 23.6 Å². The van der Waals surface area contributed by atoms with E-state index in [2.05, 4.69) is 5.32 Å². The maximum absolute atomic E-state index is 12.3. The molecule has 0 spiro atoms. The first-order valence-corrected chi connectivity index (χ1v) is 9.63. The predicted octanol–water partition coefficient (Wildman–Crippen LogP) is 5.51. The molecule has 0 heterocycles. The molecule has 0 fully saturated rings. The van der Waals surface area contributed by atoms with Crippen molar-refractivity contribution in [3.05, 3.63) is 84.4 Å². The summed E-state index contributed by atoms with van der Waals surface area (Å²) in [6.45, 7) is 1.43. The fraction of sp³-hybridized carbons (Fsp3) is 0.182. The Morgan fingerprint density at radius 3 is 2.10 bits per heavy atom. The molecule has 1 atom stereocenters. The number of hydrogen-bond acceptors (Lipinski definition) is 4. The van der Waals surface area contributed by atoms with Crippen molar-refractivity contribution < 1.29 is 39.8 Å². The zero-order chi connectivity index (χ0) is 22.0. The molecule has 0 saturated carbocycles. The molecule has 31 heavy (non-hydrogen) atoms. The fourth-order valence-corrected chi connectivity index (χ4v) is 2.77. The molecule has 1 N–H and O–H groups in total. The molecule has 3 rings (SSSR count). The third-order valence-corrected chi connectivity index (χ3v) is 4.44. The number of amides is 1. The average Bonchev–Trinajstić information content (AvgIpc) is 3.42. The summed E-state index contributed by atoms with van der Waals surface area (Å²) in [4.78, 5) is 12.2. The van der Waals surface area contributed by atoms with Crippen LogP contribution in [0.15, 0.2) is 83.8 Å². The number of hydrogen-bond donors (Lipinski definition) is 1. The third kappa shape index (κ3) is 9.79. The number of benzene rings is 1. The number of nitrogens with zero attached hydrogens (tertiary/aromatic N) is 1. The van der Waals surface area contributed by atoms with Crippen molar-refractivity contribution in [2.75, 3.05) is 6.61 Å². The second kappa shape index (κ2) is 12.3. The summed E-state index contributed by atoms with van der Waals surface area (Å²) in [6.07, 6.45) is 0. The monoisotopic (exact) mass is 488 g/mol. The number of nitriles is 1. The van der Waals surface area contributed by atoms with Crippen LogP contribution in [0, 0.1) is 11.3 Å². The molecule has 0 aliphatic rings. The summed E-state index contributed by atoms with van der Waals surface area (Å²) < 4.78 is 42.4. The number of halogens is 3. The molecular weight excluding hydrogens is 469 g/mol. The number of carbonyl (C=O) groups excluding carboxylic acids is 1. The maximum atomic E-state index is 12.3. The van der Waals surface area contributed by atoms with Gasteiger partial charge in [0.2, 0.25) is 0 Å². The van der Waals surface area contributed by atoms with Crippen LogP contribution >= 0.6 is 11.8 Å². The Morgan fingerprint density at radius 2 is 1.65 bits per heavy atom. The fourth-order valence-electron chi connectivity index (χ4n) is 2.23. The Bertz CT molecular complexity index is 920. The van der Waals surface area contributed by atoms with Gasteiger partial charge in [-0.2, -0.15) is 18.4 Å². The van der Waals surface area contributed by atoms with E-state index >= 15 is 0 Å². The third-order valence-electron chi connectivity index (χ3n) is 3.70. The molecule has 1 unspecified atom stereocenters. The van der Waals surface area contributed by atoms with Gasteiger partial charge >= 0.3 is 5.51 Å². The smallest absolute Gasteiger partial charge is 0.446 e. The van der Waals surface area contributed by atoms with Crippen molar-refractivity contribution in [2.45, 2.75) is 22.9 Å². The second-order valence-electron chi connectivity index (χ2n) is 6.34. The minimum Gasteiger partial charge on any atom is -0.748 e. The van der Waals surface area contributed by atoms with Gasteiger partial charge in [0.05, 0.1) is 6.07 Å². The van der Waals surface area contributed by atoms with Crippen LogP contribution in [-0.2, 0) is 17.1 Å². The van der Waals surface area contributed by atoms with Crippen LogP contribution in [0.3, 0.4) is 0 Å². The predicted molar refractivity (Wildman–Crippen MR) is 109 cm³/mol. The van der Waals surface area contributed by atoms with Crippen molar-refractivity contribution in [3.63, 3.8) is 0 Å². The molecule has 0 bridgehead atoms. The average molecular weight is 488 g/mol. The molecule has 4 nitrogen and oxygen atoms in total. The van der Waals surface area contributed by atoms with E-state index in [0.717, 1.165) is 0 Å². The maximum Gasteiger partial charge on any atom is 0.446 e. The standard InChI is InChI=1S/C17H14F3N2O2S.C5H5.Fe/c1-16(10-21,11-24-13-4-2-3-5-13)22-15(23)12-6-8-14(9-7-12)25-17(18,19)20;1-2-4-5-3-1;/h2-9H,11H2,1H3,(H,22,23);1-5H;/q-1;-5;. The minimum absolute atomic E-state index is 0. The SMILES string of the molecule is CC(C#N)(CO[c-]1cccc1)NC(=O)c1ccc(SC(F)(F)F)cc1.[Fe].[cH-]1[cH-][cH-][cH-][cH-]1. The van der Waals surface area contributed by atoms with Gasteiger partial charge < -0.3 is 40.4 Å². The molecule has 3 aromatic carbocycles. The summed E-state index contributed by atoms with van der Waals surface area (Å²) in [6, 6.07) is 23.9. The summed E-state index contributed by atoms with van der Waals surface area (Å²) in [7, 11) is 0. The summed E-state index contributed by atoms with van der Waals surface area (Å²) in [5.74, 6) is 0.00275. The number of carbonyl (C=O) groups is 1. The van der Waals surface area contributed by atoms with E-state index in [9.17, 15) is 23.2 Å². The number of ether oxygens (including phenoxy) is 1. The van der Waals surface area contributed by atoms with Gasteiger partial charge in [0, 0.05) is 33.3 Å². The van der Waals surface area contributed by atoms with E-state index in [1.807, 2.05) is 36.4 Å². The van der Waals surface area contributed by atoms with Crippen molar-refractivity contribution in [1.29, 1.82) is 5.26 Å². The van der Waals surface area contributed by atoms with Gasteiger partial charge in [-0.1, -0.05) is 0 Å². The first kappa shape index (κ1) is 26.4. The van der Waals surface area contributed by atoms with Crippen molar-refractivity contribution >= 4 is 17.7 Å².